The number of rotatable bonds is 4. The molecule has 1 aromatic rings. The lowest BCUT2D eigenvalue weighted by molar-refractivity contribution is -0.120. The summed E-state index contributed by atoms with van der Waals surface area (Å²) in [6, 6.07) is 2.68. The first-order chi connectivity index (χ1) is 8.27. The van der Waals surface area contributed by atoms with Crippen LogP contribution in [0.4, 0.5) is 10.1 Å². The third-order valence-electron chi connectivity index (χ3n) is 2.78. The van der Waals surface area contributed by atoms with Gasteiger partial charge in [-0.1, -0.05) is 24.9 Å². The summed E-state index contributed by atoms with van der Waals surface area (Å²) in [6.07, 6.45) is 1.37. The van der Waals surface area contributed by atoms with E-state index in [0.29, 0.717) is 17.7 Å². The first-order valence-corrected chi connectivity index (χ1v) is 6.21. The van der Waals surface area contributed by atoms with Crippen molar-refractivity contribution in [2.24, 2.45) is 5.73 Å². The molecule has 1 aromatic carbocycles. The molecule has 3 N–H and O–H groups in total. The van der Waals surface area contributed by atoms with Gasteiger partial charge >= 0.3 is 0 Å². The van der Waals surface area contributed by atoms with Gasteiger partial charge in [-0.15, -0.1) is 0 Å². The van der Waals surface area contributed by atoms with Gasteiger partial charge in [0.2, 0.25) is 5.91 Å². The molecule has 0 radical (unpaired) electrons. The number of carbonyl (C=O) groups excluding carboxylic acids is 1. The molecule has 1 rings (SSSR count). The van der Waals surface area contributed by atoms with Crippen LogP contribution in [-0.2, 0) is 4.79 Å². The zero-order valence-electron chi connectivity index (χ0n) is 10.8. The van der Waals surface area contributed by atoms with Crippen LogP contribution >= 0.6 is 11.6 Å². The van der Waals surface area contributed by atoms with Gasteiger partial charge in [-0.3, -0.25) is 4.79 Å². The van der Waals surface area contributed by atoms with E-state index in [-0.39, 0.29) is 10.9 Å². The lowest BCUT2D eigenvalue weighted by atomic mass is 9.96. The monoisotopic (exact) mass is 272 g/mol. The first kappa shape index (κ1) is 14.9. The minimum Gasteiger partial charge on any atom is -0.323 e. The van der Waals surface area contributed by atoms with E-state index < -0.39 is 11.4 Å². The van der Waals surface area contributed by atoms with Crippen LogP contribution < -0.4 is 11.1 Å². The number of nitrogens with two attached hydrogens (primary N) is 1. The fourth-order valence-corrected chi connectivity index (χ4v) is 1.85. The summed E-state index contributed by atoms with van der Waals surface area (Å²) < 4.78 is 13.2. The lowest BCUT2D eigenvalue weighted by Crippen LogP contribution is -2.48. The molecule has 0 aliphatic carbocycles. The number of anilines is 1. The van der Waals surface area contributed by atoms with Gasteiger partial charge in [0.1, 0.15) is 5.82 Å². The summed E-state index contributed by atoms with van der Waals surface area (Å²) >= 11 is 5.88. The highest BCUT2D eigenvalue weighted by molar-refractivity contribution is 6.33. The van der Waals surface area contributed by atoms with Crippen LogP contribution in [0.25, 0.3) is 0 Å². The number of hydrogen-bond donors (Lipinski definition) is 2. The van der Waals surface area contributed by atoms with Gasteiger partial charge in [-0.2, -0.15) is 0 Å². The van der Waals surface area contributed by atoms with E-state index >= 15 is 0 Å². The van der Waals surface area contributed by atoms with Crippen LogP contribution in [0.3, 0.4) is 0 Å². The van der Waals surface area contributed by atoms with Crippen LogP contribution in [0.2, 0.25) is 5.02 Å². The number of halogens is 2. The van der Waals surface area contributed by atoms with E-state index in [9.17, 15) is 9.18 Å². The Morgan fingerprint density at radius 3 is 2.72 bits per heavy atom. The number of nitrogens with one attached hydrogen (secondary N) is 1. The standard InChI is InChI=1S/C13H18ClFN2O/c1-4-5-13(3,16)12(18)17-11-6-8(2)10(15)7-9(11)14/h6-7H,4-5,16H2,1-3H3,(H,17,18). The van der Waals surface area contributed by atoms with Crippen LogP contribution in [-0.4, -0.2) is 11.4 Å². The van der Waals surface area contributed by atoms with Crippen molar-refractivity contribution in [1.82, 2.24) is 0 Å². The first-order valence-electron chi connectivity index (χ1n) is 5.84. The maximum atomic E-state index is 13.2. The van der Waals surface area contributed by atoms with Crippen LogP contribution in [0.15, 0.2) is 12.1 Å². The molecule has 0 spiro atoms. The fraction of sp³-hybridized carbons (Fsp3) is 0.462. The number of carbonyl (C=O) groups is 1. The summed E-state index contributed by atoms with van der Waals surface area (Å²) in [7, 11) is 0. The molecule has 1 atom stereocenters. The molecular weight excluding hydrogens is 255 g/mol. The summed E-state index contributed by atoms with van der Waals surface area (Å²) in [5, 5.41) is 2.81. The summed E-state index contributed by atoms with van der Waals surface area (Å²) in [5.41, 5.74) is 5.75. The van der Waals surface area contributed by atoms with Gasteiger partial charge in [0, 0.05) is 0 Å². The Bertz CT molecular complexity index is 461. The van der Waals surface area contributed by atoms with E-state index in [1.165, 1.54) is 12.1 Å². The summed E-state index contributed by atoms with van der Waals surface area (Å²) in [5.74, 6) is -0.723. The SMILES string of the molecule is CCCC(C)(N)C(=O)Nc1cc(C)c(F)cc1Cl. The van der Waals surface area contributed by atoms with Crippen molar-refractivity contribution in [3.8, 4) is 0 Å². The van der Waals surface area contributed by atoms with Gasteiger partial charge in [-0.05, 0) is 38.0 Å². The molecule has 5 heteroatoms. The molecule has 0 saturated carbocycles. The minimum absolute atomic E-state index is 0.166. The molecule has 0 bridgehead atoms. The van der Waals surface area contributed by atoms with Crippen molar-refractivity contribution >= 4 is 23.2 Å². The van der Waals surface area contributed by atoms with Crippen LogP contribution in [0.5, 0.6) is 0 Å². The molecule has 1 amide bonds. The molecule has 0 heterocycles. The number of aryl methyl sites for hydroxylation is 1. The van der Waals surface area contributed by atoms with Crippen molar-refractivity contribution in [1.29, 1.82) is 0 Å². The minimum atomic E-state index is -0.958. The Morgan fingerprint density at radius 1 is 1.56 bits per heavy atom. The van der Waals surface area contributed by atoms with E-state index in [0.717, 1.165) is 6.42 Å². The quantitative estimate of drug-likeness (QED) is 0.884. The fourth-order valence-electron chi connectivity index (χ4n) is 1.65. The molecule has 0 saturated heterocycles. The molecular formula is C13H18ClFN2O. The third kappa shape index (κ3) is 3.43. The Morgan fingerprint density at radius 2 is 2.17 bits per heavy atom. The Labute approximate surface area is 112 Å². The zero-order chi connectivity index (χ0) is 13.9. The van der Waals surface area contributed by atoms with Gasteiger partial charge < -0.3 is 11.1 Å². The van der Waals surface area contributed by atoms with Gasteiger partial charge in [-0.25, -0.2) is 4.39 Å². The molecule has 18 heavy (non-hydrogen) atoms. The smallest absolute Gasteiger partial charge is 0.244 e. The molecule has 1 unspecified atom stereocenters. The Balaban J connectivity index is 2.92. The van der Waals surface area contributed by atoms with Crippen molar-refractivity contribution in [2.75, 3.05) is 5.32 Å². The predicted octanol–water partition coefficient (Wildman–Crippen LogP) is 3.24. The second-order valence-corrected chi connectivity index (χ2v) is 5.11. The molecule has 100 valence electrons. The Kier molecular flexibility index (Phi) is 4.71. The molecule has 0 aliphatic heterocycles. The zero-order valence-corrected chi connectivity index (χ0v) is 11.6. The predicted molar refractivity (Wildman–Crippen MR) is 72.3 cm³/mol. The van der Waals surface area contributed by atoms with Crippen molar-refractivity contribution in [2.45, 2.75) is 39.2 Å². The maximum absolute atomic E-state index is 13.2. The molecule has 0 aromatic heterocycles. The summed E-state index contributed by atoms with van der Waals surface area (Å²) in [6.45, 7) is 5.22. The van der Waals surface area contributed by atoms with Gasteiger partial charge in [0.05, 0.1) is 16.2 Å². The highest BCUT2D eigenvalue weighted by Gasteiger charge is 2.27. The third-order valence-corrected chi connectivity index (χ3v) is 3.10. The van der Waals surface area contributed by atoms with Gasteiger partial charge in [0.15, 0.2) is 0 Å². The normalized spacial score (nSPS) is 14.1. The largest absolute Gasteiger partial charge is 0.323 e. The molecule has 0 aliphatic rings. The second-order valence-electron chi connectivity index (χ2n) is 4.70. The van der Waals surface area contributed by atoms with Crippen LogP contribution in [0, 0.1) is 12.7 Å². The van der Waals surface area contributed by atoms with E-state index in [4.69, 9.17) is 17.3 Å². The average Bonchev–Trinajstić information content (AvgIpc) is 2.25. The van der Waals surface area contributed by atoms with Crippen LogP contribution in [0.1, 0.15) is 32.3 Å². The second kappa shape index (κ2) is 5.67. The van der Waals surface area contributed by atoms with E-state index in [1.54, 1.807) is 13.8 Å². The lowest BCUT2D eigenvalue weighted by Gasteiger charge is -2.23. The highest BCUT2D eigenvalue weighted by atomic mass is 35.5. The number of hydrogen-bond acceptors (Lipinski definition) is 2. The van der Waals surface area contributed by atoms with Crippen molar-refractivity contribution in [3.05, 3.63) is 28.5 Å². The number of benzene rings is 1. The van der Waals surface area contributed by atoms with Crippen molar-refractivity contribution in [3.63, 3.8) is 0 Å². The number of amides is 1. The van der Waals surface area contributed by atoms with E-state index in [1.807, 2.05) is 6.92 Å². The topological polar surface area (TPSA) is 55.1 Å². The van der Waals surface area contributed by atoms with Gasteiger partial charge in [0.25, 0.3) is 0 Å². The highest BCUT2D eigenvalue weighted by Crippen LogP contribution is 2.26. The summed E-state index contributed by atoms with van der Waals surface area (Å²) in [4.78, 5) is 12.0. The maximum Gasteiger partial charge on any atom is 0.244 e. The molecule has 3 nitrogen and oxygen atoms in total. The molecule has 0 fully saturated rings. The average molecular weight is 273 g/mol. The van der Waals surface area contributed by atoms with Crippen molar-refractivity contribution < 1.29 is 9.18 Å². The Hall–Kier alpha value is -1.13. The van der Waals surface area contributed by atoms with E-state index in [2.05, 4.69) is 5.32 Å².